The van der Waals surface area contributed by atoms with Crippen molar-refractivity contribution < 1.29 is 0 Å². The molecule has 1 aromatic rings. The fraction of sp³-hybridized carbons (Fsp3) is 0.750. The minimum Gasteiger partial charge on any atom is -0.336 e. The molecular weight excluding hydrogens is 200 g/mol. The lowest BCUT2D eigenvalue weighted by Crippen LogP contribution is -2.37. The van der Waals surface area contributed by atoms with Gasteiger partial charge in [-0.05, 0) is 19.3 Å². The molecule has 1 fully saturated rings. The van der Waals surface area contributed by atoms with Crippen molar-refractivity contribution >= 4 is 0 Å². The molecule has 0 amide bonds. The molecule has 0 bridgehead atoms. The first-order chi connectivity index (χ1) is 7.63. The zero-order valence-electron chi connectivity index (χ0n) is 10.4. The number of likely N-dealkylation sites (tertiary alicyclic amines) is 1. The Morgan fingerprint density at radius 3 is 2.75 bits per heavy atom. The van der Waals surface area contributed by atoms with Crippen LogP contribution in [0.4, 0.5) is 0 Å². The van der Waals surface area contributed by atoms with Crippen LogP contribution in [0.3, 0.4) is 0 Å². The Morgan fingerprint density at radius 1 is 1.56 bits per heavy atom. The second kappa shape index (κ2) is 4.55. The maximum atomic E-state index is 5.94. The minimum atomic E-state index is 0.312. The third kappa shape index (κ3) is 1.99. The summed E-state index contributed by atoms with van der Waals surface area (Å²) in [6.45, 7) is 6.42. The van der Waals surface area contributed by atoms with Crippen molar-refractivity contribution in [3.05, 3.63) is 18.2 Å². The number of rotatable bonds is 3. The molecule has 16 heavy (non-hydrogen) atoms. The van der Waals surface area contributed by atoms with Crippen molar-refractivity contribution in [2.24, 2.45) is 18.7 Å². The molecule has 3 atom stereocenters. The number of hydrogen-bond donors (Lipinski definition) is 1. The molecule has 0 aliphatic carbocycles. The van der Waals surface area contributed by atoms with E-state index in [-0.39, 0.29) is 0 Å². The van der Waals surface area contributed by atoms with Gasteiger partial charge in [-0.2, -0.15) is 0 Å². The molecule has 90 valence electrons. The van der Waals surface area contributed by atoms with Gasteiger partial charge in [0.1, 0.15) is 0 Å². The third-order valence-electron chi connectivity index (χ3n) is 3.65. The van der Waals surface area contributed by atoms with E-state index in [0.717, 1.165) is 12.5 Å². The van der Waals surface area contributed by atoms with Crippen molar-refractivity contribution in [1.29, 1.82) is 0 Å². The summed E-state index contributed by atoms with van der Waals surface area (Å²) in [5, 5.41) is 0. The average molecular weight is 222 g/mol. The molecule has 1 saturated heterocycles. The Balaban J connectivity index is 2.20. The van der Waals surface area contributed by atoms with Crippen LogP contribution in [0, 0.1) is 5.92 Å². The quantitative estimate of drug-likeness (QED) is 0.834. The highest BCUT2D eigenvalue weighted by Crippen LogP contribution is 2.30. The van der Waals surface area contributed by atoms with Crippen LogP contribution in [0.15, 0.2) is 12.5 Å². The van der Waals surface area contributed by atoms with Crippen molar-refractivity contribution in [2.75, 3.05) is 13.1 Å². The lowest BCUT2D eigenvalue weighted by atomic mass is 10.1. The SMILES string of the molecule is CC1CC(C)N(C(CN)c2cncn2C)C1. The summed E-state index contributed by atoms with van der Waals surface area (Å²) < 4.78 is 2.08. The predicted molar refractivity (Wildman–Crippen MR) is 65.0 cm³/mol. The maximum Gasteiger partial charge on any atom is 0.0946 e. The standard InChI is InChI=1S/C12H22N4/c1-9-4-10(2)16(7-9)11(5-13)12-6-14-8-15(12)3/h6,8-11H,4-5,7,13H2,1-3H3. The van der Waals surface area contributed by atoms with Gasteiger partial charge in [-0.3, -0.25) is 4.90 Å². The number of hydrogen-bond acceptors (Lipinski definition) is 3. The summed E-state index contributed by atoms with van der Waals surface area (Å²) in [7, 11) is 2.04. The molecule has 0 aromatic carbocycles. The van der Waals surface area contributed by atoms with Gasteiger partial charge >= 0.3 is 0 Å². The van der Waals surface area contributed by atoms with E-state index >= 15 is 0 Å². The van der Waals surface area contributed by atoms with Crippen molar-refractivity contribution in [3.8, 4) is 0 Å². The molecule has 1 aliphatic rings. The van der Waals surface area contributed by atoms with E-state index in [9.17, 15) is 0 Å². The number of aromatic nitrogens is 2. The Kier molecular flexibility index (Phi) is 3.30. The van der Waals surface area contributed by atoms with Crippen LogP contribution in [-0.4, -0.2) is 33.6 Å². The largest absolute Gasteiger partial charge is 0.336 e. The fourth-order valence-electron chi connectivity index (χ4n) is 2.88. The summed E-state index contributed by atoms with van der Waals surface area (Å²) in [6.07, 6.45) is 5.06. The Hall–Kier alpha value is -0.870. The van der Waals surface area contributed by atoms with E-state index in [1.165, 1.54) is 12.1 Å². The molecule has 0 spiro atoms. The normalized spacial score (nSPS) is 28.5. The van der Waals surface area contributed by atoms with Gasteiger partial charge in [0.15, 0.2) is 0 Å². The second-order valence-electron chi connectivity index (χ2n) is 5.07. The number of imidazole rings is 1. The van der Waals surface area contributed by atoms with E-state index in [0.29, 0.717) is 18.6 Å². The summed E-state index contributed by atoms with van der Waals surface area (Å²) in [4.78, 5) is 6.70. The van der Waals surface area contributed by atoms with Gasteiger partial charge in [-0.15, -0.1) is 0 Å². The molecule has 0 saturated carbocycles. The first kappa shape index (κ1) is 11.6. The van der Waals surface area contributed by atoms with Gasteiger partial charge in [0.25, 0.3) is 0 Å². The first-order valence-corrected chi connectivity index (χ1v) is 6.05. The summed E-state index contributed by atoms with van der Waals surface area (Å²) in [6, 6.07) is 0.936. The Morgan fingerprint density at radius 2 is 2.31 bits per heavy atom. The number of nitrogens with two attached hydrogens (primary N) is 1. The molecule has 4 heteroatoms. The fourth-order valence-corrected chi connectivity index (χ4v) is 2.88. The molecule has 1 aliphatic heterocycles. The van der Waals surface area contributed by atoms with Gasteiger partial charge < -0.3 is 10.3 Å². The molecule has 1 aromatic heterocycles. The maximum absolute atomic E-state index is 5.94. The van der Waals surface area contributed by atoms with Gasteiger partial charge in [0.05, 0.1) is 18.1 Å². The van der Waals surface area contributed by atoms with E-state index in [2.05, 4.69) is 28.3 Å². The summed E-state index contributed by atoms with van der Waals surface area (Å²) in [5.41, 5.74) is 7.16. The van der Waals surface area contributed by atoms with E-state index < -0.39 is 0 Å². The van der Waals surface area contributed by atoms with Gasteiger partial charge in [0, 0.05) is 32.4 Å². The van der Waals surface area contributed by atoms with Crippen LogP contribution in [0.1, 0.15) is 32.0 Å². The smallest absolute Gasteiger partial charge is 0.0946 e. The lowest BCUT2D eigenvalue weighted by Gasteiger charge is -2.30. The number of nitrogens with zero attached hydrogens (tertiary/aromatic N) is 3. The van der Waals surface area contributed by atoms with Gasteiger partial charge in [-0.1, -0.05) is 6.92 Å². The highest BCUT2D eigenvalue weighted by Gasteiger charge is 2.32. The molecule has 3 unspecified atom stereocenters. The predicted octanol–water partition coefficient (Wildman–Crippen LogP) is 1.15. The van der Waals surface area contributed by atoms with E-state index in [1.54, 1.807) is 0 Å². The van der Waals surface area contributed by atoms with Crippen LogP contribution in [0.5, 0.6) is 0 Å². The van der Waals surface area contributed by atoms with Crippen LogP contribution in [0.25, 0.3) is 0 Å². The summed E-state index contributed by atoms with van der Waals surface area (Å²) in [5.74, 6) is 0.775. The molecule has 2 rings (SSSR count). The topological polar surface area (TPSA) is 47.1 Å². The molecule has 0 radical (unpaired) electrons. The van der Waals surface area contributed by atoms with Crippen molar-refractivity contribution in [3.63, 3.8) is 0 Å². The van der Waals surface area contributed by atoms with Gasteiger partial charge in [-0.25, -0.2) is 4.98 Å². The van der Waals surface area contributed by atoms with Crippen LogP contribution < -0.4 is 5.73 Å². The average Bonchev–Trinajstić information content (AvgIpc) is 2.77. The third-order valence-corrected chi connectivity index (χ3v) is 3.65. The first-order valence-electron chi connectivity index (χ1n) is 6.05. The second-order valence-corrected chi connectivity index (χ2v) is 5.07. The van der Waals surface area contributed by atoms with Crippen molar-refractivity contribution in [1.82, 2.24) is 14.5 Å². The Bertz CT molecular complexity index is 347. The van der Waals surface area contributed by atoms with E-state index in [4.69, 9.17) is 5.73 Å². The highest BCUT2D eigenvalue weighted by atomic mass is 15.2. The molecule has 2 N–H and O–H groups in total. The highest BCUT2D eigenvalue weighted by molar-refractivity contribution is 5.07. The minimum absolute atomic E-state index is 0.312. The van der Waals surface area contributed by atoms with Crippen molar-refractivity contribution in [2.45, 2.75) is 32.4 Å². The molecular formula is C12H22N4. The lowest BCUT2D eigenvalue weighted by molar-refractivity contribution is 0.186. The number of aryl methyl sites for hydroxylation is 1. The molecule has 4 nitrogen and oxygen atoms in total. The van der Waals surface area contributed by atoms with Gasteiger partial charge in [0.2, 0.25) is 0 Å². The zero-order valence-corrected chi connectivity index (χ0v) is 10.4. The van der Waals surface area contributed by atoms with Crippen LogP contribution >= 0.6 is 0 Å². The van der Waals surface area contributed by atoms with E-state index in [1.807, 2.05) is 19.6 Å². The Labute approximate surface area is 97.4 Å². The molecule has 2 heterocycles. The van der Waals surface area contributed by atoms with Crippen LogP contribution in [-0.2, 0) is 7.05 Å². The zero-order chi connectivity index (χ0) is 11.7. The summed E-state index contributed by atoms with van der Waals surface area (Å²) >= 11 is 0. The van der Waals surface area contributed by atoms with Crippen LogP contribution in [0.2, 0.25) is 0 Å². The monoisotopic (exact) mass is 222 g/mol.